The standard InChI is InChI=1S/C30H26N4O4/c35-25-15-18-33-27(28(25)38-20-22-10-3-1-4-11-22)30(36)32-17-7-8-19-37-29-24(14-9-16-31-29)26(34(33)21-32)23-12-5-2-6-13-23/h1-16,18,26H,17,19-21H2/b8-7-. The smallest absolute Gasteiger partial charge is 0.278 e. The summed E-state index contributed by atoms with van der Waals surface area (Å²) in [4.78, 5) is 33.1. The fourth-order valence-corrected chi connectivity index (χ4v) is 4.87. The largest absolute Gasteiger partial charge is 0.482 e. The molecule has 2 aromatic carbocycles. The van der Waals surface area contributed by atoms with Crippen LogP contribution in [0.3, 0.4) is 0 Å². The average Bonchev–Trinajstić information content (AvgIpc) is 2.99. The van der Waals surface area contributed by atoms with Gasteiger partial charge in [-0.15, -0.1) is 0 Å². The third-order valence-electron chi connectivity index (χ3n) is 6.66. The van der Waals surface area contributed by atoms with Crippen LogP contribution in [0.4, 0.5) is 0 Å². The van der Waals surface area contributed by atoms with Crippen LogP contribution < -0.4 is 19.9 Å². The number of carbonyl (C=O) groups excluding carboxylic acids is 1. The minimum Gasteiger partial charge on any atom is -0.482 e. The van der Waals surface area contributed by atoms with Crippen LogP contribution >= 0.6 is 0 Å². The molecule has 4 heterocycles. The van der Waals surface area contributed by atoms with Crippen molar-refractivity contribution >= 4 is 5.91 Å². The molecule has 0 N–H and O–H groups in total. The number of hydrogen-bond acceptors (Lipinski definition) is 6. The Morgan fingerprint density at radius 2 is 1.71 bits per heavy atom. The lowest BCUT2D eigenvalue weighted by Gasteiger charge is -2.43. The molecule has 0 radical (unpaired) electrons. The Hall–Kier alpha value is -4.85. The zero-order chi connectivity index (χ0) is 25.9. The van der Waals surface area contributed by atoms with Crippen LogP contribution in [-0.2, 0) is 6.61 Å². The van der Waals surface area contributed by atoms with Crippen LogP contribution in [-0.4, -0.2) is 40.3 Å². The molecular weight excluding hydrogens is 480 g/mol. The Morgan fingerprint density at radius 1 is 0.921 bits per heavy atom. The molecule has 0 spiro atoms. The molecule has 2 aromatic heterocycles. The number of hydrogen-bond donors (Lipinski definition) is 0. The molecule has 2 bridgehead atoms. The molecule has 190 valence electrons. The summed E-state index contributed by atoms with van der Waals surface area (Å²) in [5.74, 6) is 0.272. The van der Waals surface area contributed by atoms with Gasteiger partial charge in [0.1, 0.15) is 25.9 Å². The highest BCUT2D eigenvalue weighted by atomic mass is 16.5. The number of pyridine rings is 2. The van der Waals surface area contributed by atoms with Gasteiger partial charge in [0.05, 0.1) is 0 Å². The van der Waals surface area contributed by atoms with Crippen LogP contribution in [0.2, 0.25) is 0 Å². The molecular formula is C30H26N4O4. The maximum Gasteiger partial charge on any atom is 0.278 e. The fourth-order valence-electron chi connectivity index (χ4n) is 4.87. The maximum absolute atomic E-state index is 13.8. The number of nitrogens with zero attached hydrogens (tertiary/aromatic N) is 4. The number of ether oxygens (including phenoxy) is 2. The van der Waals surface area contributed by atoms with Crippen molar-refractivity contribution in [2.75, 3.05) is 24.8 Å². The molecule has 0 aliphatic carbocycles. The van der Waals surface area contributed by atoms with Crippen molar-refractivity contribution in [2.24, 2.45) is 0 Å². The summed E-state index contributed by atoms with van der Waals surface area (Å²) >= 11 is 0. The lowest BCUT2D eigenvalue weighted by Crippen LogP contribution is -2.55. The van der Waals surface area contributed by atoms with Crippen molar-refractivity contribution in [2.45, 2.75) is 12.6 Å². The predicted molar refractivity (Wildman–Crippen MR) is 143 cm³/mol. The second-order valence-electron chi connectivity index (χ2n) is 9.08. The lowest BCUT2D eigenvalue weighted by atomic mass is 9.98. The molecule has 0 saturated carbocycles. The summed E-state index contributed by atoms with van der Waals surface area (Å²) in [7, 11) is 0. The molecule has 1 amide bonds. The summed E-state index contributed by atoms with van der Waals surface area (Å²) in [5.41, 5.74) is 2.59. The van der Waals surface area contributed by atoms with Gasteiger partial charge in [-0.05, 0) is 29.3 Å². The van der Waals surface area contributed by atoms with E-state index in [0.29, 0.717) is 19.0 Å². The van der Waals surface area contributed by atoms with Crippen molar-refractivity contribution in [3.8, 4) is 11.6 Å². The number of rotatable bonds is 4. The van der Waals surface area contributed by atoms with Crippen LogP contribution in [0.1, 0.15) is 33.2 Å². The molecule has 1 unspecified atom stereocenters. The normalized spacial score (nSPS) is 17.5. The van der Waals surface area contributed by atoms with E-state index in [1.54, 1.807) is 22.0 Å². The van der Waals surface area contributed by atoms with E-state index < -0.39 is 0 Å². The van der Waals surface area contributed by atoms with Gasteiger partial charge in [0.15, 0.2) is 11.4 Å². The highest BCUT2D eigenvalue weighted by molar-refractivity contribution is 5.96. The van der Waals surface area contributed by atoms with Gasteiger partial charge in [0.2, 0.25) is 11.3 Å². The second-order valence-corrected chi connectivity index (χ2v) is 9.08. The molecule has 0 fully saturated rings. The topological polar surface area (TPSA) is 76.9 Å². The molecule has 8 heteroatoms. The van der Waals surface area contributed by atoms with Crippen molar-refractivity contribution in [1.82, 2.24) is 14.6 Å². The Balaban J connectivity index is 1.54. The van der Waals surface area contributed by atoms with Gasteiger partial charge in [-0.25, -0.2) is 4.98 Å². The Morgan fingerprint density at radius 3 is 2.53 bits per heavy atom. The van der Waals surface area contributed by atoms with Crippen molar-refractivity contribution in [1.29, 1.82) is 0 Å². The Labute approximate surface area is 220 Å². The molecule has 38 heavy (non-hydrogen) atoms. The average molecular weight is 507 g/mol. The highest BCUT2D eigenvalue weighted by Crippen LogP contribution is 2.36. The fraction of sp³-hybridized carbons (Fsp3) is 0.167. The summed E-state index contributed by atoms with van der Waals surface area (Å²) in [6, 6.07) is 24.5. The van der Waals surface area contributed by atoms with E-state index >= 15 is 0 Å². The van der Waals surface area contributed by atoms with E-state index in [9.17, 15) is 9.59 Å². The van der Waals surface area contributed by atoms with E-state index in [0.717, 1.165) is 16.7 Å². The number of amides is 1. The van der Waals surface area contributed by atoms with Crippen molar-refractivity contribution in [3.63, 3.8) is 0 Å². The Bertz CT molecular complexity index is 1540. The first kappa shape index (κ1) is 23.5. The van der Waals surface area contributed by atoms with Gasteiger partial charge in [0, 0.05) is 30.6 Å². The zero-order valence-electron chi connectivity index (χ0n) is 20.6. The minimum absolute atomic E-state index is 0.0318. The zero-order valence-corrected chi connectivity index (χ0v) is 20.6. The molecule has 2 aliphatic rings. The number of fused-ring (bicyclic) bond motifs is 5. The second kappa shape index (κ2) is 10.3. The predicted octanol–water partition coefficient (Wildman–Crippen LogP) is 3.91. The van der Waals surface area contributed by atoms with Gasteiger partial charge in [-0.3, -0.25) is 19.3 Å². The van der Waals surface area contributed by atoms with E-state index in [1.165, 1.54) is 6.07 Å². The monoisotopic (exact) mass is 506 g/mol. The van der Waals surface area contributed by atoms with E-state index in [1.807, 2.05) is 90.0 Å². The number of aromatic nitrogens is 2. The molecule has 2 aliphatic heterocycles. The molecule has 4 aromatic rings. The lowest BCUT2D eigenvalue weighted by molar-refractivity contribution is 0.0698. The van der Waals surface area contributed by atoms with Gasteiger partial charge in [-0.2, -0.15) is 0 Å². The third-order valence-corrected chi connectivity index (χ3v) is 6.66. The summed E-state index contributed by atoms with van der Waals surface area (Å²) in [6.07, 6.45) is 7.11. The first-order valence-corrected chi connectivity index (χ1v) is 12.5. The summed E-state index contributed by atoms with van der Waals surface area (Å²) < 4.78 is 13.9. The van der Waals surface area contributed by atoms with Gasteiger partial charge < -0.3 is 14.4 Å². The quantitative estimate of drug-likeness (QED) is 0.391. The first-order chi connectivity index (χ1) is 18.7. The molecule has 8 nitrogen and oxygen atoms in total. The SMILES string of the molecule is O=C1c2c(OCc3ccccc3)c(=O)ccn2N2CN1C/C=C\COc1ncccc1C2c1ccccc1. The highest BCUT2D eigenvalue weighted by Gasteiger charge is 2.37. The third kappa shape index (κ3) is 4.41. The maximum atomic E-state index is 13.8. The van der Waals surface area contributed by atoms with E-state index in [4.69, 9.17) is 9.47 Å². The summed E-state index contributed by atoms with van der Waals surface area (Å²) in [5, 5.41) is 2.05. The van der Waals surface area contributed by atoms with Crippen LogP contribution in [0.5, 0.6) is 11.6 Å². The van der Waals surface area contributed by atoms with Gasteiger partial charge in [0.25, 0.3) is 5.91 Å². The minimum atomic E-state index is -0.364. The molecule has 1 atom stereocenters. The number of carbonyl (C=O) groups is 1. The van der Waals surface area contributed by atoms with Crippen LogP contribution in [0.25, 0.3) is 0 Å². The van der Waals surface area contributed by atoms with E-state index in [2.05, 4.69) is 4.98 Å². The molecule has 6 rings (SSSR count). The van der Waals surface area contributed by atoms with Crippen LogP contribution in [0, 0.1) is 0 Å². The summed E-state index contributed by atoms with van der Waals surface area (Å²) in [6.45, 7) is 1.13. The first-order valence-electron chi connectivity index (χ1n) is 12.5. The number of benzene rings is 2. The van der Waals surface area contributed by atoms with Gasteiger partial charge in [-0.1, -0.05) is 66.7 Å². The van der Waals surface area contributed by atoms with Gasteiger partial charge >= 0.3 is 0 Å². The van der Waals surface area contributed by atoms with E-state index in [-0.39, 0.29) is 42.1 Å². The van der Waals surface area contributed by atoms with Crippen LogP contribution in [0.15, 0.2) is 108 Å². The molecule has 0 saturated heterocycles. The Kier molecular flexibility index (Phi) is 6.35. The van der Waals surface area contributed by atoms with Crippen molar-refractivity contribution < 1.29 is 14.3 Å². The van der Waals surface area contributed by atoms with Crippen molar-refractivity contribution in [3.05, 3.63) is 136 Å².